The van der Waals surface area contributed by atoms with Gasteiger partial charge in [-0.05, 0) is 48.0 Å². The Hall–Kier alpha value is -4.35. The molecule has 0 fully saturated rings. The van der Waals surface area contributed by atoms with Crippen molar-refractivity contribution in [3.63, 3.8) is 0 Å². The van der Waals surface area contributed by atoms with Crippen molar-refractivity contribution < 1.29 is 18.6 Å². The molecule has 0 aliphatic carbocycles. The maximum absolute atomic E-state index is 13.7. The van der Waals surface area contributed by atoms with Crippen molar-refractivity contribution >= 4 is 23.2 Å². The van der Waals surface area contributed by atoms with Crippen LogP contribution in [0.2, 0.25) is 5.02 Å². The van der Waals surface area contributed by atoms with Crippen LogP contribution in [-0.2, 0) is 13.2 Å². The fraction of sp³-hybridized carbons (Fsp3) is 0.125. The number of halogens is 2. The molecule has 0 unspecified atom stereocenters. The van der Waals surface area contributed by atoms with Crippen molar-refractivity contribution in [3.05, 3.63) is 87.4 Å². The summed E-state index contributed by atoms with van der Waals surface area (Å²) in [6.07, 6.45) is 1.49. The zero-order chi connectivity index (χ0) is 25.4. The molecule has 0 atom stereocenters. The summed E-state index contributed by atoms with van der Waals surface area (Å²) in [6.45, 7) is -0.224. The number of nitrogens with one attached hydrogen (secondary N) is 1. The number of methoxy groups -OCH3 is 1. The van der Waals surface area contributed by atoms with Crippen LogP contribution >= 0.6 is 11.6 Å². The molecule has 12 heteroatoms. The van der Waals surface area contributed by atoms with Gasteiger partial charge < -0.3 is 15.6 Å². The number of nitrogens with zero attached hydrogens (tertiary/aromatic N) is 5. The fourth-order valence-electron chi connectivity index (χ4n) is 3.90. The van der Waals surface area contributed by atoms with Crippen LogP contribution in [0.25, 0.3) is 28.0 Å². The van der Waals surface area contributed by atoms with Crippen molar-refractivity contribution in [3.8, 4) is 28.3 Å². The van der Waals surface area contributed by atoms with Crippen LogP contribution in [0.4, 0.5) is 10.3 Å². The molecular weight excluding hydrogens is 489 g/mol. The minimum atomic E-state index is -0.470. The molecule has 0 bridgehead atoms. The van der Waals surface area contributed by atoms with Gasteiger partial charge in [-0.25, -0.2) is 19.3 Å². The molecule has 0 radical (unpaired) electrons. The molecule has 182 valence electrons. The first-order chi connectivity index (χ1) is 17.4. The third-order valence-corrected chi connectivity index (χ3v) is 5.78. The smallest absolute Gasteiger partial charge is 0.428 e. The highest BCUT2D eigenvalue weighted by atomic mass is 35.5. The zero-order valence-electron chi connectivity index (χ0n) is 18.9. The Morgan fingerprint density at radius 1 is 1.14 bits per heavy atom. The van der Waals surface area contributed by atoms with E-state index in [1.54, 1.807) is 36.4 Å². The highest BCUT2D eigenvalue weighted by molar-refractivity contribution is 6.30. The summed E-state index contributed by atoms with van der Waals surface area (Å²) in [5.74, 6) is -0.226. The number of hydrogen-bond donors (Lipinski definition) is 3. The number of rotatable bonds is 6. The topological polar surface area (TPSA) is 136 Å². The second-order valence-electron chi connectivity index (χ2n) is 7.88. The second-order valence-corrected chi connectivity index (χ2v) is 8.32. The van der Waals surface area contributed by atoms with Gasteiger partial charge in [-0.3, -0.25) is 4.98 Å². The highest BCUT2D eigenvalue weighted by Gasteiger charge is 2.26. The number of benzene rings is 1. The first-order valence-electron chi connectivity index (χ1n) is 10.7. The number of aliphatic hydroxyl groups excluding tert-OH is 1. The molecule has 1 aromatic carbocycles. The Morgan fingerprint density at radius 2 is 1.92 bits per heavy atom. The number of H-pyrrole nitrogens is 1. The predicted octanol–water partition coefficient (Wildman–Crippen LogP) is 2.36. The molecule has 0 saturated heterocycles. The number of anilines is 1. The summed E-state index contributed by atoms with van der Waals surface area (Å²) in [5, 5.41) is 13.3. The molecule has 4 heterocycles. The quantitative estimate of drug-likeness (QED) is 0.299. The standard InChI is InChI=1S/C24H19ClFN7O3/c1-36-19-9-14(8-18(12-34)29-19)20-21(13-2-5-16(26)6-3-13)30-23(27)33-22(20)31-32(24(33)35)11-17-7-4-15(25)10-28-17/h2-10,34H,11-12H2,1H3,(H2,27,29,30,31)/p+1. The second kappa shape index (κ2) is 9.36. The van der Waals surface area contributed by atoms with Crippen LogP contribution in [-0.4, -0.2) is 36.9 Å². The van der Waals surface area contributed by atoms with Crippen molar-refractivity contribution in [2.24, 2.45) is 0 Å². The van der Waals surface area contributed by atoms with E-state index in [2.05, 4.69) is 20.1 Å². The van der Waals surface area contributed by atoms with Crippen molar-refractivity contribution in [2.45, 2.75) is 13.2 Å². The van der Waals surface area contributed by atoms with Gasteiger partial charge >= 0.3 is 11.6 Å². The number of hydrogen-bond acceptors (Lipinski definition) is 7. The van der Waals surface area contributed by atoms with Gasteiger partial charge in [0.05, 0.1) is 35.7 Å². The van der Waals surface area contributed by atoms with Crippen molar-refractivity contribution in [2.75, 3.05) is 12.8 Å². The predicted molar refractivity (Wildman–Crippen MR) is 130 cm³/mol. The van der Waals surface area contributed by atoms with Gasteiger partial charge in [0.1, 0.15) is 18.1 Å². The van der Waals surface area contributed by atoms with Gasteiger partial charge in [0, 0.05) is 17.8 Å². The Balaban J connectivity index is 1.81. The number of fused-ring (bicyclic) bond motifs is 1. The van der Waals surface area contributed by atoms with Crippen LogP contribution in [0.5, 0.6) is 5.88 Å². The third-order valence-electron chi connectivity index (χ3n) is 5.56. The lowest BCUT2D eigenvalue weighted by molar-refractivity contribution is -0.516. The van der Waals surface area contributed by atoms with Gasteiger partial charge in [0.15, 0.2) is 0 Å². The summed E-state index contributed by atoms with van der Waals surface area (Å²) in [6, 6.07) is 12.4. The summed E-state index contributed by atoms with van der Waals surface area (Å²) in [4.78, 5) is 26.3. The molecule has 4 aromatic heterocycles. The maximum Gasteiger partial charge on any atom is 0.428 e. The van der Waals surface area contributed by atoms with Gasteiger partial charge in [-0.2, -0.15) is 4.68 Å². The van der Waals surface area contributed by atoms with E-state index < -0.39 is 11.5 Å². The number of aromatic nitrogens is 6. The highest BCUT2D eigenvalue weighted by Crippen LogP contribution is 2.34. The van der Waals surface area contributed by atoms with E-state index in [1.807, 2.05) is 0 Å². The molecule has 10 nitrogen and oxygen atoms in total. The monoisotopic (exact) mass is 508 g/mol. The van der Waals surface area contributed by atoms with E-state index in [1.165, 1.54) is 34.5 Å². The van der Waals surface area contributed by atoms with E-state index in [0.717, 1.165) is 0 Å². The summed E-state index contributed by atoms with van der Waals surface area (Å²) in [7, 11) is 1.46. The fourth-order valence-corrected chi connectivity index (χ4v) is 4.02. The average Bonchev–Trinajstić information content (AvgIpc) is 3.21. The van der Waals surface area contributed by atoms with Gasteiger partial charge in [-0.1, -0.05) is 11.6 Å². The molecule has 0 aliphatic heterocycles. The van der Waals surface area contributed by atoms with E-state index >= 15 is 0 Å². The van der Waals surface area contributed by atoms with Crippen LogP contribution < -0.4 is 20.6 Å². The minimum Gasteiger partial charge on any atom is -0.481 e. The molecular formula is C24H20ClFN7O3+. The maximum atomic E-state index is 13.7. The molecule has 36 heavy (non-hydrogen) atoms. The molecule has 0 saturated carbocycles. The molecule has 0 aliphatic rings. The number of nitrogens with two attached hydrogens (primary N) is 1. The first kappa shape index (κ1) is 23.4. The Bertz CT molecular complexity index is 1610. The molecule has 5 rings (SSSR count). The molecule has 0 spiro atoms. The number of nitrogen functional groups attached to an aromatic ring is 1. The number of ether oxygens (including phenoxy) is 1. The van der Waals surface area contributed by atoms with Gasteiger partial charge in [-0.15, -0.1) is 9.38 Å². The molecule has 4 N–H and O–H groups in total. The Kier molecular flexibility index (Phi) is 6.08. The summed E-state index contributed by atoms with van der Waals surface area (Å²) < 4.78 is 21.6. The van der Waals surface area contributed by atoms with E-state index in [9.17, 15) is 14.3 Å². The lowest BCUT2D eigenvalue weighted by atomic mass is 10.00. The summed E-state index contributed by atoms with van der Waals surface area (Å²) >= 11 is 5.93. The van der Waals surface area contributed by atoms with Gasteiger partial charge in [0.2, 0.25) is 11.5 Å². The van der Waals surface area contributed by atoms with E-state index in [4.69, 9.17) is 22.1 Å². The largest absolute Gasteiger partial charge is 0.481 e. The Labute approximate surface area is 208 Å². The van der Waals surface area contributed by atoms with Gasteiger partial charge in [0.25, 0.3) is 0 Å². The lowest BCUT2D eigenvalue weighted by Gasteiger charge is -2.11. The Morgan fingerprint density at radius 3 is 2.58 bits per heavy atom. The van der Waals surface area contributed by atoms with Crippen molar-refractivity contribution in [1.82, 2.24) is 24.7 Å². The van der Waals surface area contributed by atoms with Crippen LogP contribution in [0, 0.1) is 5.82 Å². The van der Waals surface area contributed by atoms with E-state index in [0.29, 0.717) is 44.4 Å². The molecule has 5 aromatic rings. The average molecular weight is 509 g/mol. The minimum absolute atomic E-state index is 0.0689. The van der Waals surface area contributed by atoms with Crippen LogP contribution in [0.15, 0.2) is 59.5 Å². The zero-order valence-corrected chi connectivity index (χ0v) is 19.7. The normalized spacial score (nSPS) is 11.2. The first-order valence-corrected chi connectivity index (χ1v) is 11.1. The van der Waals surface area contributed by atoms with Crippen molar-refractivity contribution in [1.29, 1.82) is 0 Å². The summed E-state index contributed by atoms with van der Waals surface area (Å²) in [5.41, 5.74) is 9.02. The third kappa shape index (κ3) is 4.25. The molecule has 0 amide bonds. The number of aromatic amines is 1. The number of aliphatic hydroxyl groups is 1. The van der Waals surface area contributed by atoms with E-state index in [-0.39, 0.29) is 25.0 Å². The SMILES string of the molecule is COc1cc(-c2c(-c3ccc(F)cc3)nc(N)[n+]3c(=O)n(Cc4ccc(Cl)cn4)[nH]c23)cc(CO)n1. The lowest BCUT2D eigenvalue weighted by Crippen LogP contribution is -2.44. The van der Waals surface area contributed by atoms with Crippen LogP contribution in [0.1, 0.15) is 11.4 Å². The number of pyridine rings is 2. The van der Waals surface area contributed by atoms with Crippen LogP contribution in [0.3, 0.4) is 0 Å².